The third kappa shape index (κ3) is 3.03. The Bertz CT molecular complexity index is 873. The van der Waals surface area contributed by atoms with Gasteiger partial charge in [-0.3, -0.25) is 0 Å². The van der Waals surface area contributed by atoms with Gasteiger partial charge in [0, 0.05) is 11.1 Å². The number of hydrogen-bond acceptors (Lipinski definition) is 6. The van der Waals surface area contributed by atoms with Crippen LogP contribution in [0.4, 0.5) is 11.5 Å². The molecule has 0 spiro atoms. The Hall–Kier alpha value is -2.47. The van der Waals surface area contributed by atoms with Gasteiger partial charge in [-0.15, -0.1) is 11.3 Å². The largest absolute Gasteiger partial charge is 0.462 e. The lowest BCUT2D eigenvalue weighted by atomic mass is 10.1. The van der Waals surface area contributed by atoms with Gasteiger partial charge in [-0.1, -0.05) is 17.7 Å². The van der Waals surface area contributed by atoms with Crippen molar-refractivity contribution in [2.45, 2.75) is 20.8 Å². The SMILES string of the molecule is CCOC(=O)c1csc2ncnc(Nc3ccc(C)cc3C)c12. The third-order valence-corrected chi connectivity index (χ3v) is 4.39. The first kappa shape index (κ1) is 15.4. The topological polar surface area (TPSA) is 64.1 Å². The maximum Gasteiger partial charge on any atom is 0.339 e. The molecule has 118 valence electrons. The van der Waals surface area contributed by atoms with Crippen LogP contribution >= 0.6 is 11.3 Å². The van der Waals surface area contributed by atoms with Crippen LogP contribution in [0.5, 0.6) is 0 Å². The molecule has 0 aliphatic heterocycles. The molecule has 0 fully saturated rings. The Kier molecular flexibility index (Phi) is 4.25. The molecular formula is C17H17N3O2S. The van der Waals surface area contributed by atoms with Crippen LogP contribution in [0.2, 0.25) is 0 Å². The minimum Gasteiger partial charge on any atom is -0.462 e. The molecule has 5 nitrogen and oxygen atoms in total. The molecule has 6 heteroatoms. The number of carbonyl (C=O) groups is 1. The molecule has 1 N–H and O–H groups in total. The van der Waals surface area contributed by atoms with E-state index in [1.54, 1.807) is 12.3 Å². The zero-order chi connectivity index (χ0) is 16.4. The van der Waals surface area contributed by atoms with Crippen molar-refractivity contribution in [3.63, 3.8) is 0 Å². The van der Waals surface area contributed by atoms with Crippen molar-refractivity contribution in [1.29, 1.82) is 0 Å². The predicted molar refractivity (Wildman–Crippen MR) is 92.6 cm³/mol. The average Bonchev–Trinajstić information content (AvgIpc) is 2.95. The van der Waals surface area contributed by atoms with Gasteiger partial charge in [0.1, 0.15) is 17.0 Å². The number of nitrogens with zero attached hydrogens (tertiary/aromatic N) is 2. The summed E-state index contributed by atoms with van der Waals surface area (Å²) in [5.41, 5.74) is 3.77. The van der Waals surface area contributed by atoms with E-state index in [1.807, 2.05) is 19.1 Å². The van der Waals surface area contributed by atoms with Crippen molar-refractivity contribution in [3.05, 3.63) is 46.6 Å². The van der Waals surface area contributed by atoms with Crippen LogP contribution < -0.4 is 5.32 Å². The Labute approximate surface area is 138 Å². The molecule has 0 aliphatic rings. The molecule has 0 unspecified atom stereocenters. The summed E-state index contributed by atoms with van der Waals surface area (Å²) >= 11 is 1.41. The van der Waals surface area contributed by atoms with Gasteiger partial charge in [0.25, 0.3) is 0 Å². The molecule has 3 rings (SSSR count). The Morgan fingerprint density at radius 3 is 2.87 bits per heavy atom. The number of aromatic nitrogens is 2. The molecule has 23 heavy (non-hydrogen) atoms. The van der Waals surface area contributed by atoms with Gasteiger partial charge in [0.05, 0.1) is 17.6 Å². The fraction of sp³-hybridized carbons (Fsp3) is 0.235. The highest BCUT2D eigenvalue weighted by molar-refractivity contribution is 7.17. The molecule has 0 bridgehead atoms. The molecule has 1 aromatic carbocycles. The number of thiophene rings is 1. The number of benzene rings is 1. The van der Waals surface area contributed by atoms with Crippen LogP contribution in [0.3, 0.4) is 0 Å². The summed E-state index contributed by atoms with van der Waals surface area (Å²) in [6.07, 6.45) is 1.50. The van der Waals surface area contributed by atoms with Crippen molar-refractivity contribution >= 4 is 39.0 Å². The molecule has 2 heterocycles. The molecule has 0 saturated carbocycles. The average molecular weight is 327 g/mol. The summed E-state index contributed by atoms with van der Waals surface area (Å²) in [6, 6.07) is 6.14. The highest BCUT2D eigenvalue weighted by atomic mass is 32.1. The normalized spacial score (nSPS) is 10.7. The summed E-state index contributed by atoms with van der Waals surface area (Å²) in [5, 5.41) is 5.79. The number of nitrogens with one attached hydrogen (secondary N) is 1. The summed E-state index contributed by atoms with van der Waals surface area (Å²) in [7, 11) is 0. The predicted octanol–water partition coefficient (Wildman–Crippen LogP) is 4.23. The van der Waals surface area contributed by atoms with Crippen LogP contribution in [-0.2, 0) is 4.74 Å². The lowest BCUT2D eigenvalue weighted by molar-refractivity contribution is 0.0529. The number of ether oxygens (including phenoxy) is 1. The fourth-order valence-corrected chi connectivity index (χ4v) is 3.29. The first-order valence-corrected chi connectivity index (χ1v) is 8.21. The van der Waals surface area contributed by atoms with E-state index in [-0.39, 0.29) is 5.97 Å². The molecular weight excluding hydrogens is 310 g/mol. The van der Waals surface area contributed by atoms with E-state index in [4.69, 9.17) is 4.74 Å². The van der Waals surface area contributed by atoms with Crippen molar-refractivity contribution in [3.8, 4) is 0 Å². The van der Waals surface area contributed by atoms with Gasteiger partial charge in [-0.2, -0.15) is 0 Å². The zero-order valence-electron chi connectivity index (χ0n) is 13.2. The molecule has 0 aliphatic carbocycles. The number of aryl methyl sites for hydroxylation is 2. The second-order valence-electron chi connectivity index (χ2n) is 5.22. The second kappa shape index (κ2) is 6.34. The van der Waals surface area contributed by atoms with Gasteiger partial charge in [0.2, 0.25) is 0 Å². The third-order valence-electron chi connectivity index (χ3n) is 3.50. The maximum absolute atomic E-state index is 12.1. The van der Waals surface area contributed by atoms with Crippen molar-refractivity contribution < 1.29 is 9.53 Å². The molecule has 3 aromatic rings. The van der Waals surface area contributed by atoms with E-state index >= 15 is 0 Å². The smallest absolute Gasteiger partial charge is 0.339 e. The van der Waals surface area contributed by atoms with Crippen LogP contribution in [0.25, 0.3) is 10.2 Å². The van der Waals surface area contributed by atoms with Gasteiger partial charge < -0.3 is 10.1 Å². The number of hydrogen-bond donors (Lipinski definition) is 1. The van der Waals surface area contributed by atoms with E-state index in [9.17, 15) is 4.79 Å². The van der Waals surface area contributed by atoms with E-state index in [0.29, 0.717) is 23.4 Å². The highest BCUT2D eigenvalue weighted by Gasteiger charge is 2.18. The number of esters is 1. The van der Waals surface area contributed by atoms with E-state index in [2.05, 4.69) is 28.3 Å². The maximum atomic E-state index is 12.1. The van der Waals surface area contributed by atoms with Crippen molar-refractivity contribution in [1.82, 2.24) is 9.97 Å². The van der Waals surface area contributed by atoms with E-state index in [0.717, 1.165) is 16.1 Å². The van der Waals surface area contributed by atoms with Crippen LogP contribution in [-0.4, -0.2) is 22.5 Å². The monoisotopic (exact) mass is 327 g/mol. The summed E-state index contributed by atoms with van der Waals surface area (Å²) in [6.45, 7) is 6.21. The Morgan fingerprint density at radius 1 is 1.30 bits per heavy atom. The molecule has 0 saturated heterocycles. The molecule has 0 amide bonds. The fourth-order valence-electron chi connectivity index (χ4n) is 2.41. The van der Waals surface area contributed by atoms with Crippen molar-refractivity contribution in [2.75, 3.05) is 11.9 Å². The standard InChI is InChI=1S/C17H17N3O2S/c1-4-22-17(21)12-8-23-16-14(12)15(18-9-19-16)20-13-6-5-10(2)7-11(13)3/h5-9H,4H2,1-3H3,(H,18,19,20). The van der Waals surface area contributed by atoms with E-state index < -0.39 is 0 Å². The first-order valence-electron chi connectivity index (χ1n) is 7.33. The first-order chi connectivity index (χ1) is 11.1. The van der Waals surface area contributed by atoms with Crippen molar-refractivity contribution in [2.24, 2.45) is 0 Å². The van der Waals surface area contributed by atoms with Gasteiger partial charge in [0.15, 0.2) is 0 Å². The Balaban J connectivity index is 2.06. The van der Waals surface area contributed by atoms with Gasteiger partial charge >= 0.3 is 5.97 Å². The number of fused-ring (bicyclic) bond motifs is 1. The lowest BCUT2D eigenvalue weighted by Gasteiger charge is -2.11. The second-order valence-corrected chi connectivity index (χ2v) is 6.07. The minimum absolute atomic E-state index is 0.337. The summed E-state index contributed by atoms with van der Waals surface area (Å²) < 4.78 is 5.12. The van der Waals surface area contributed by atoms with Crippen LogP contribution in [0.15, 0.2) is 29.9 Å². The highest BCUT2D eigenvalue weighted by Crippen LogP contribution is 2.32. The van der Waals surface area contributed by atoms with Gasteiger partial charge in [-0.05, 0) is 32.4 Å². The zero-order valence-corrected chi connectivity index (χ0v) is 14.0. The van der Waals surface area contributed by atoms with Crippen LogP contribution in [0, 0.1) is 13.8 Å². The summed E-state index contributed by atoms with van der Waals surface area (Å²) in [4.78, 5) is 21.5. The number of carbonyl (C=O) groups excluding carboxylic acids is 1. The van der Waals surface area contributed by atoms with E-state index in [1.165, 1.54) is 23.2 Å². The van der Waals surface area contributed by atoms with Gasteiger partial charge in [-0.25, -0.2) is 14.8 Å². The number of anilines is 2. The lowest BCUT2D eigenvalue weighted by Crippen LogP contribution is -2.05. The minimum atomic E-state index is -0.350. The molecule has 2 aromatic heterocycles. The number of rotatable bonds is 4. The molecule has 0 radical (unpaired) electrons. The Morgan fingerprint density at radius 2 is 2.13 bits per heavy atom. The van der Waals surface area contributed by atoms with Crippen LogP contribution in [0.1, 0.15) is 28.4 Å². The molecule has 0 atom stereocenters. The quantitative estimate of drug-likeness (QED) is 0.727. The summed E-state index contributed by atoms with van der Waals surface area (Å²) in [5.74, 6) is 0.267.